The maximum Gasteiger partial charge on any atom is 1.00 e. The fraction of sp³-hybridized carbons (Fsp3) is 0. The molecule has 0 spiro atoms. The molecule has 0 aliphatic heterocycles. The summed E-state index contributed by atoms with van der Waals surface area (Å²) in [7, 11) is 0. The number of anilines is 1. The molecule has 48 valence electrons. The van der Waals surface area contributed by atoms with E-state index in [0.29, 0.717) is 5.00 Å². The Morgan fingerprint density at radius 2 is 2.40 bits per heavy atom. The maximum absolute atomic E-state index is 9.85. The fourth-order valence-corrected chi connectivity index (χ4v) is 1.05. The molecular formula is C5H4NNaO2S. The Morgan fingerprint density at radius 1 is 1.70 bits per heavy atom. The van der Waals surface area contributed by atoms with E-state index in [2.05, 4.69) is 5.32 Å². The fourth-order valence-electron chi connectivity index (χ4n) is 0.450. The molecule has 0 radical (unpaired) electrons. The summed E-state index contributed by atoms with van der Waals surface area (Å²) in [4.78, 5) is 9.85. The molecule has 0 aromatic carbocycles. The Kier molecular flexibility index (Phi) is 4.72. The first-order valence-electron chi connectivity index (χ1n) is 2.30. The standard InChI is InChI=1S/C5H5NO2S.Na/c7-5(8)6-4-2-1-3-9-4;/h1-3,6H,(H,7,8);/q;+1/p-1. The summed E-state index contributed by atoms with van der Waals surface area (Å²) in [6, 6.07) is 3.43. The number of carboxylic acid groups (broad SMARTS) is 1. The van der Waals surface area contributed by atoms with E-state index in [-0.39, 0.29) is 29.6 Å². The Bertz CT molecular complexity index is 199. The average Bonchev–Trinajstić information content (AvgIpc) is 2.15. The minimum absolute atomic E-state index is 0. The van der Waals surface area contributed by atoms with Crippen molar-refractivity contribution in [3.63, 3.8) is 0 Å². The van der Waals surface area contributed by atoms with E-state index in [1.165, 1.54) is 11.3 Å². The van der Waals surface area contributed by atoms with Crippen molar-refractivity contribution in [2.24, 2.45) is 0 Å². The number of hydrogen-bond acceptors (Lipinski definition) is 3. The second kappa shape index (κ2) is 4.73. The van der Waals surface area contributed by atoms with Gasteiger partial charge in [0.05, 0.1) is 5.00 Å². The SMILES string of the molecule is O=C([O-])Nc1cccs1.[Na+]. The van der Waals surface area contributed by atoms with Crippen molar-refractivity contribution in [3.05, 3.63) is 17.5 Å². The van der Waals surface area contributed by atoms with E-state index in [1.807, 2.05) is 0 Å². The summed E-state index contributed by atoms with van der Waals surface area (Å²) in [6.07, 6.45) is -1.27. The van der Waals surface area contributed by atoms with Gasteiger partial charge in [0.25, 0.3) is 0 Å². The molecule has 1 N–H and O–H groups in total. The Morgan fingerprint density at radius 3 is 2.80 bits per heavy atom. The van der Waals surface area contributed by atoms with E-state index >= 15 is 0 Å². The molecule has 0 atom stereocenters. The smallest absolute Gasteiger partial charge is 0.530 e. The second-order valence-electron chi connectivity index (χ2n) is 1.39. The molecule has 1 rings (SSSR count). The first-order valence-corrected chi connectivity index (χ1v) is 3.18. The normalized spacial score (nSPS) is 8.00. The molecule has 1 heterocycles. The summed E-state index contributed by atoms with van der Waals surface area (Å²) >= 11 is 1.32. The molecule has 0 bridgehead atoms. The number of nitrogens with one attached hydrogen (secondary N) is 1. The molecular weight excluding hydrogens is 161 g/mol. The van der Waals surface area contributed by atoms with Gasteiger partial charge in [-0.15, -0.1) is 11.3 Å². The van der Waals surface area contributed by atoms with Crippen molar-refractivity contribution in [2.75, 3.05) is 5.32 Å². The number of hydrogen-bond donors (Lipinski definition) is 1. The molecule has 0 saturated heterocycles. The predicted octanol–water partition coefficient (Wildman–Crippen LogP) is -2.49. The van der Waals surface area contributed by atoms with Crippen molar-refractivity contribution in [1.29, 1.82) is 0 Å². The van der Waals surface area contributed by atoms with Gasteiger partial charge in [-0.1, -0.05) is 0 Å². The Labute approximate surface area is 84.4 Å². The number of rotatable bonds is 1. The van der Waals surface area contributed by atoms with E-state index in [4.69, 9.17) is 0 Å². The zero-order chi connectivity index (χ0) is 6.69. The van der Waals surface area contributed by atoms with Crippen LogP contribution in [-0.4, -0.2) is 6.09 Å². The third-order valence-electron chi connectivity index (χ3n) is 0.746. The third-order valence-corrected chi connectivity index (χ3v) is 1.53. The van der Waals surface area contributed by atoms with E-state index in [9.17, 15) is 9.90 Å². The van der Waals surface area contributed by atoms with Crippen LogP contribution in [0.1, 0.15) is 0 Å². The van der Waals surface area contributed by atoms with Crippen LogP contribution in [0.15, 0.2) is 17.5 Å². The molecule has 3 nitrogen and oxygen atoms in total. The molecule has 0 aliphatic rings. The van der Waals surface area contributed by atoms with Crippen molar-refractivity contribution in [3.8, 4) is 0 Å². The van der Waals surface area contributed by atoms with Crippen LogP contribution in [0.3, 0.4) is 0 Å². The minimum Gasteiger partial charge on any atom is -0.530 e. The quantitative estimate of drug-likeness (QED) is 0.468. The van der Waals surface area contributed by atoms with Crippen molar-refractivity contribution in [2.45, 2.75) is 0 Å². The summed E-state index contributed by atoms with van der Waals surface area (Å²) in [6.45, 7) is 0. The van der Waals surface area contributed by atoms with Gasteiger partial charge in [0.15, 0.2) is 0 Å². The molecule has 5 heteroatoms. The predicted molar refractivity (Wildman–Crippen MR) is 33.3 cm³/mol. The molecule has 0 unspecified atom stereocenters. The van der Waals surface area contributed by atoms with Crippen LogP contribution >= 0.6 is 11.3 Å². The van der Waals surface area contributed by atoms with Crippen molar-refractivity contribution < 1.29 is 39.5 Å². The molecule has 1 aromatic rings. The Hall–Kier alpha value is -0.0300. The molecule has 10 heavy (non-hydrogen) atoms. The van der Waals surface area contributed by atoms with Crippen molar-refractivity contribution in [1.82, 2.24) is 0 Å². The molecule has 0 saturated carbocycles. The Balaban J connectivity index is 0.000000810. The number of carbonyl (C=O) groups is 1. The summed E-state index contributed by atoms with van der Waals surface area (Å²) in [5.74, 6) is 0. The van der Waals surface area contributed by atoms with Crippen LogP contribution < -0.4 is 40.0 Å². The van der Waals surface area contributed by atoms with Gasteiger partial charge in [-0.05, 0) is 17.5 Å². The first kappa shape index (κ1) is 9.97. The third kappa shape index (κ3) is 3.22. The van der Waals surface area contributed by atoms with Gasteiger partial charge in [0, 0.05) is 0 Å². The van der Waals surface area contributed by atoms with Crippen LogP contribution in [0.5, 0.6) is 0 Å². The summed E-state index contributed by atoms with van der Waals surface area (Å²) in [5, 5.41) is 14.3. The van der Waals surface area contributed by atoms with Gasteiger partial charge in [0.2, 0.25) is 0 Å². The van der Waals surface area contributed by atoms with E-state index in [0.717, 1.165) is 0 Å². The summed E-state index contributed by atoms with van der Waals surface area (Å²) in [5.41, 5.74) is 0. The van der Waals surface area contributed by atoms with Crippen LogP contribution in [0.25, 0.3) is 0 Å². The monoisotopic (exact) mass is 165 g/mol. The molecule has 1 amide bonds. The number of thiophene rings is 1. The van der Waals surface area contributed by atoms with Gasteiger partial charge in [-0.2, -0.15) is 0 Å². The zero-order valence-corrected chi connectivity index (χ0v) is 8.27. The first-order chi connectivity index (χ1) is 4.29. The van der Waals surface area contributed by atoms with Crippen LogP contribution in [-0.2, 0) is 0 Å². The van der Waals surface area contributed by atoms with Crippen LogP contribution in [0.2, 0.25) is 0 Å². The van der Waals surface area contributed by atoms with Crippen LogP contribution in [0, 0.1) is 0 Å². The van der Waals surface area contributed by atoms with Gasteiger partial charge >= 0.3 is 29.6 Å². The van der Waals surface area contributed by atoms with Crippen LogP contribution in [0.4, 0.5) is 9.80 Å². The largest absolute Gasteiger partial charge is 1.00 e. The minimum atomic E-state index is -1.27. The maximum atomic E-state index is 9.85. The van der Waals surface area contributed by atoms with Gasteiger partial charge < -0.3 is 15.2 Å². The van der Waals surface area contributed by atoms with Gasteiger partial charge in [0.1, 0.15) is 6.09 Å². The van der Waals surface area contributed by atoms with E-state index < -0.39 is 6.09 Å². The molecule has 0 fully saturated rings. The van der Waals surface area contributed by atoms with Crippen molar-refractivity contribution >= 4 is 22.4 Å². The molecule has 0 aliphatic carbocycles. The summed E-state index contributed by atoms with van der Waals surface area (Å²) < 4.78 is 0. The average molecular weight is 165 g/mol. The second-order valence-corrected chi connectivity index (χ2v) is 2.34. The molecule has 1 aromatic heterocycles. The van der Waals surface area contributed by atoms with Gasteiger partial charge in [-0.25, -0.2) is 0 Å². The number of carbonyl (C=O) groups excluding carboxylic acids is 1. The topological polar surface area (TPSA) is 52.2 Å². The number of amides is 1. The van der Waals surface area contributed by atoms with E-state index in [1.54, 1.807) is 17.5 Å². The zero-order valence-electron chi connectivity index (χ0n) is 5.46. The van der Waals surface area contributed by atoms with Gasteiger partial charge in [-0.3, -0.25) is 0 Å².